The molecule has 31 heavy (non-hydrogen) atoms. The number of methoxy groups -OCH3 is 1. The molecule has 1 amide bonds. The number of hydrogen-bond donors (Lipinski definition) is 3. The maximum Gasteiger partial charge on any atom is 0.222 e. The predicted molar refractivity (Wildman–Crippen MR) is 130 cm³/mol. The summed E-state index contributed by atoms with van der Waals surface area (Å²) in [4.78, 5) is 21.2. The van der Waals surface area contributed by atoms with Crippen LogP contribution in [0.4, 0.5) is 0 Å². The lowest BCUT2D eigenvalue weighted by Crippen LogP contribution is -2.47. The normalized spacial score (nSPS) is 15.5. The Morgan fingerprint density at radius 1 is 1.29 bits per heavy atom. The maximum atomic E-state index is 12.1. The predicted octanol–water partition coefficient (Wildman–Crippen LogP) is 1.62. The summed E-state index contributed by atoms with van der Waals surface area (Å²) in [6.45, 7) is 4.90. The van der Waals surface area contributed by atoms with E-state index in [9.17, 15) is 4.79 Å². The minimum absolute atomic E-state index is 0. The third kappa shape index (κ3) is 8.09. The van der Waals surface area contributed by atoms with Crippen molar-refractivity contribution >= 4 is 35.8 Å². The maximum absolute atomic E-state index is 12.1. The number of nitrogens with one attached hydrogen (secondary N) is 3. The summed E-state index contributed by atoms with van der Waals surface area (Å²) in [6, 6.07) is 10.1. The average Bonchev–Trinajstić information content (AvgIpc) is 3.15. The van der Waals surface area contributed by atoms with E-state index < -0.39 is 0 Å². The van der Waals surface area contributed by atoms with Crippen LogP contribution in [0.15, 0.2) is 35.3 Å². The number of amides is 1. The molecule has 1 aliphatic heterocycles. The second-order valence-corrected chi connectivity index (χ2v) is 7.21. The Hall–Kier alpha value is -2.21. The summed E-state index contributed by atoms with van der Waals surface area (Å²) in [5.41, 5.74) is 1.09. The molecule has 0 saturated carbocycles. The molecule has 3 rings (SSSR count). The number of benzene rings is 1. The van der Waals surface area contributed by atoms with Gasteiger partial charge in [0.15, 0.2) is 11.8 Å². The highest BCUT2D eigenvalue weighted by Gasteiger charge is 2.22. The Kier molecular flexibility index (Phi) is 10.7. The first-order chi connectivity index (χ1) is 14.7. The summed E-state index contributed by atoms with van der Waals surface area (Å²) in [5, 5.41) is 14.1. The van der Waals surface area contributed by atoms with E-state index in [-0.39, 0.29) is 35.9 Å². The fourth-order valence-electron chi connectivity index (χ4n) is 3.34. The van der Waals surface area contributed by atoms with Crippen molar-refractivity contribution < 1.29 is 9.53 Å². The molecular weight excluding hydrogens is 509 g/mol. The molecule has 0 bridgehead atoms. The number of carbonyl (C=O) groups is 1. The van der Waals surface area contributed by atoms with Crippen molar-refractivity contribution in [3.8, 4) is 0 Å². The van der Waals surface area contributed by atoms with Gasteiger partial charge < -0.3 is 20.7 Å². The largest absolute Gasteiger partial charge is 0.377 e. The zero-order valence-corrected chi connectivity index (χ0v) is 20.5. The molecule has 1 unspecified atom stereocenters. The quantitative estimate of drug-likeness (QED) is 0.253. The van der Waals surface area contributed by atoms with Crippen molar-refractivity contribution in [1.29, 1.82) is 0 Å². The number of hydrogen-bond acceptors (Lipinski definition) is 5. The van der Waals surface area contributed by atoms with Gasteiger partial charge in [0.25, 0.3) is 0 Å². The molecular formula is C21H32IN7O2. The van der Waals surface area contributed by atoms with Crippen LogP contribution < -0.4 is 16.0 Å². The van der Waals surface area contributed by atoms with Crippen LogP contribution in [0.5, 0.6) is 0 Å². The van der Waals surface area contributed by atoms with Gasteiger partial charge in [0.1, 0.15) is 12.4 Å². The monoisotopic (exact) mass is 541 g/mol. The third-order valence-electron chi connectivity index (χ3n) is 4.80. The number of nitrogens with zero attached hydrogens (tertiary/aromatic N) is 4. The van der Waals surface area contributed by atoms with Crippen molar-refractivity contribution in [3.63, 3.8) is 0 Å². The molecule has 1 aliphatic rings. The van der Waals surface area contributed by atoms with E-state index in [1.165, 1.54) is 0 Å². The van der Waals surface area contributed by atoms with Crippen LogP contribution >= 0.6 is 24.0 Å². The molecule has 3 N–H and O–H groups in total. The van der Waals surface area contributed by atoms with Gasteiger partial charge >= 0.3 is 0 Å². The van der Waals surface area contributed by atoms with Gasteiger partial charge in [-0.2, -0.15) is 5.10 Å². The van der Waals surface area contributed by atoms with Gasteiger partial charge in [0.2, 0.25) is 5.91 Å². The molecule has 1 aromatic heterocycles. The standard InChI is InChI=1S/C21H31N7O2.HI/c1-3-22-21(23-12-11-20(29)24-13-16-7-5-4-6-8-16)25-17-9-10-19-26-18(15-30-2)27-28(19)14-17;/h4-8,17H,3,9-15H2,1-2H3,(H,24,29)(H2,22,23,25);1H. The van der Waals surface area contributed by atoms with E-state index in [0.717, 1.165) is 49.1 Å². The topological polar surface area (TPSA) is 105 Å². The molecule has 0 radical (unpaired) electrons. The molecule has 0 spiro atoms. The van der Waals surface area contributed by atoms with E-state index in [2.05, 4.69) is 31.0 Å². The second kappa shape index (κ2) is 13.3. The Morgan fingerprint density at radius 2 is 2.10 bits per heavy atom. The van der Waals surface area contributed by atoms with Gasteiger partial charge in [-0.15, -0.1) is 24.0 Å². The van der Waals surface area contributed by atoms with Crippen LogP contribution in [0, 0.1) is 0 Å². The van der Waals surface area contributed by atoms with Crippen molar-refractivity contribution in [1.82, 2.24) is 30.7 Å². The summed E-state index contributed by atoms with van der Waals surface area (Å²) in [7, 11) is 1.64. The molecule has 1 atom stereocenters. The number of aromatic nitrogens is 3. The first kappa shape index (κ1) is 25.1. The summed E-state index contributed by atoms with van der Waals surface area (Å²) in [6.07, 6.45) is 2.16. The molecule has 0 fully saturated rings. The van der Waals surface area contributed by atoms with E-state index in [1.54, 1.807) is 7.11 Å². The molecule has 9 nitrogen and oxygen atoms in total. The average molecular weight is 541 g/mol. The van der Waals surface area contributed by atoms with Crippen LogP contribution in [0.2, 0.25) is 0 Å². The van der Waals surface area contributed by atoms with Gasteiger partial charge in [-0.3, -0.25) is 9.79 Å². The number of halogens is 1. The molecule has 1 aromatic carbocycles. The van der Waals surface area contributed by atoms with Crippen molar-refractivity contribution in [3.05, 3.63) is 47.5 Å². The molecule has 0 aliphatic carbocycles. The molecule has 0 saturated heterocycles. The van der Waals surface area contributed by atoms with Crippen LogP contribution in [0.3, 0.4) is 0 Å². The van der Waals surface area contributed by atoms with Crippen LogP contribution in [0.1, 0.15) is 37.0 Å². The van der Waals surface area contributed by atoms with E-state index >= 15 is 0 Å². The minimum Gasteiger partial charge on any atom is -0.377 e. The lowest BCUT2D eigenvalue weighted by Gasteiger charge is -2.25. The van der Waals surface area contributed by atoms with Crippen molar-refractivity contribution in [2.75, 3.05) is 20.2 Å². The van der Waals surface area contributed by atoms with E-state index in [0.29, 0.717) is 26.1 Å². The van der Waals surface area contributed by atoms with Gasteiger partial charge in [0.05, 0.1) is 13.1 Å². The van der Waals surface area contributed by atoms with E-state index in [1.807, 2.05) is 41.9 Å². The fraction of sp³-hybridized carbons (Fsp3) is 0.524. The Balaban J connectivity index is 0.00000341. The van der Waals surface area contributed by atoms with Crippen LogP contribution in [0.25, 0.3) is 0 Å². The molecule has 170 valence electrons. The first-order valence-corrected chi connectivity index (χ1v) is 10.4. The first-order valence-electron chi connectivity index (χ1n) is 10.4. The SMILES string of the molecule is CCNC(=NCCC(=O)NCc1ccccc1)NC1CCc2nc(COC)nn2C1.I. The number of aliphatic imine (C=N–C) groups is 1. The van der Waals surface area contributed by atoms with Gasteiger partial charge in [-0.1, -0.05) is 30.3 Å². The van der Waals surface area contributed by atoms with Gasteiger partial charge in [-0.25, -0.2) is 9.67 Å². The zero-order chi connectivity index (χ0) is 21.2. The number of aryl methyl sites for hydroxylation is 1. The highest BCUT2D eigenvalue weighted by molar-refractivity contribution is 14.0. The number of ether oxygens (including phenoxy) is 1. The third-order valence-corrected chi connectivity index (χ3v) is 4.80. The highest BCUT2D eigenvalue weighted by Crippen LogP contribution is 2.13. The summed E-state index contributed by atoms with van der Waals surface area (Å²) in [5.74, 6) is 2.43. The van der Waals surface area contributed by atoms with Crippen molar-refractivity contribution in [2.45, 2.75) is 51.9 Å². The lowest BCUT2D eigenvalue weighted by atomic mass is 10.1. The second-order valence-electron chi connectivity index (χ2n) is 7.21. The Labute approximate surface area is 200 Å². The fourth-order valence-corrected chi connectivity index (χ4v) is 3.34. The number of fused-ring (bicyclic) bond motifs is 1. The molecule has 2 aromatic rings. The summed E-state index contributed by atoms with van der Waals surface area (Å²) < 4.78 is 7.06. The molecule has 10 heteroatoms. The van der Waals surface area contributed by atoms with E-state index in [4.69, 9.17) is 4.74 Å². The Morgan fingerprint density at radius 3 is 2.84 bits per heavy atom. The van der Waals surface area contributed by atoms with Crippen LogP contribution in [-0.2, 0) is 35.6 Å². The Bertz CT molecular complexity index is 842. The number of guanidine groups is 1. The van der Waals surface area contributed by atoms with Crippen molar-refractivity contribution in [2.24, 2.45) is 4.99 Å². The molecule has 2 heterocycles. The smallest absolute Gasteiger partial charge is 0.222 e. The highest BCUT2D eigenvalue weighted by atomic mass is 127. The summed E-state index contributed by atoms with van der Waals surface area (Å²) >= 11 is 0. The van der Waals surface area contributed by atoms with Crippen LogP contribution in [-0.4, -0.2) is 52.9 Å². The number of rotatable bonds is 9. The zero-order valence-electron chi connectivity index (χ0n) is 18.1. The lowest BCUT2D eigenvalue weighted by molar-refractivity contribution is -0.121. The van der Waals surface area contributed by atoms with Gasteiger partial charge in [-0.05, 0) is 18.9 Å². The number of carbonyl (C=O) groups excluding carboxylic acids is 1. The van der Waals surface area contributed by atoms with Gasteiger partial charge in [0, 0.05) is 39.1 Å². The minimum atomic E-state index is -0.00551.